The largest absolute Gasteiger partial charge is 0.495 e. The predicted molar refractivity (Wildman–Crippen MR) is 106 cm³/mol. The number of hydrogen-bond donors (Lipinski definition) is 1. The average Bonchev–Trinajstić information content (AvgIpc) is 2.75. The van der Waals surface area contributed by atoms with E-state index in [0.29, 0.717) is 6.20 Å². The number of methoxy groups -OCH3 is 2. The van der Waals surface area contributed by atoms with Crippen molar-refractivity contribution in [1.82, 2.24) is 14.9 Å². The third-order valence-corrected chi connectivity index (χ3v) is 4.37. The number of ether oxygens (including phenoxy) is 2. The number of nitrogens with zero attached hydrogens (tertiary/aromatic N) is 4. The Bertz CT molecular complexity index is 916. The number of amides is 1. The molecular weight excluding hydrogens is 422 g/mol. The fraction of sp³-hybridized carbons (Fsp3) is 0.421. The standard InChI is InChI=1S/C19H23F4N5O3/c1-5-27(6-7-30-3)17(29)11-8-15(31-4)14(9-12(11)20)28(18(22)23)19-25-10-13(21)16(24-2)26-19/h8-10,18H,5-7H2,1-4H3,(H,24,25,26). The summed E-state index contributed by atoms with van der Waals surface area (Å²) in [6.45, 7) is -0.773. The number of halogens is 4. The van der Waals surface area contributed by atoms with Gasteiger partial charge in [-0.25, -0.2) is 18.7 Å². The lowest BCUT2D eigenvalue weighted by Gasteiger charge is -2.25. The third-order valence-electron chi connectivity index (χ3n) is 4.37. The van der Waals surface area contributed by atoms with Crippen LogP contribution in [0.4, 0.5) is 35.0 Å². The highest BCUT2D eigenvalue weighted by molar-refractivity contribution is 5.96. The summed E-state index contributed by atoms with van der Waals surface area (Å²) in [4.78, 5) is 21.6. The second-order valence-corrected chi connectivity index (χ2v) is 6.15. The van der Waals surface area contributed by atoms with Gasteiger partial charge in [0.2, 0.25) is 5.95 Å². The van der Waals surface area contributed by atoms with Crippen LogP contribution in [0.15, 0.2) is 18.3 Å². The molecule has 1 N–H and O–H groups in total. The number of carbonyl (C=O) groups excluding carboxylic acids is 1. The van der Waals surface area contributed by atoms with Crippen LogP contribution in [0.3, 0.4) is 0 Å². The minimum Gasteiger partial charge on any atom is -0.495 e. The second kappa shape index (κ2) is 10.8. The highest BCUT2D eigenvalue weighted by atomic mass is 19.3. The summed E-state index contributed by atoms with van der Waals surface area (Å²) in [7, 11) is 4.00. The molecule has 0 aliphatic heterocycles. The van der Waals surface area contributed by atoms with Crippen molar-refractivity contribution in [3.8, 4) is 5.75 Å². The number of aromatic nitrogens is 2. The molecule has 0 saturated heterocycles. The lowest BCUT2D eigenvalue weighted by Crippen LogP contribution is -2.34. The third kappa shape index (κ3) is 5.32. The highest BCUT2D eigenvalue weighted by Crippen LogP contribution is 2.37. The maximum atomic E-state index is 14.9. The Balaban J connectivity index is 2.55. The zero-order valence-electron chi connectivity index (χ0n) is 17.5. The van der Waals surface area contributed by atoms with Crippen LogP contribution in [0.2, 0.25) is 0 Å². The van der Waals surface area contributed by atoms with E-state index in [1.165, 1.54) is 26.2 Å². The predicted octanol–water partition coefficient (Wildman–Crippen LogP) is 3.27. The van der Waals surface area contributed by atoms with Crippen molar-refractivity contribution in [2.24, 2.45) is 0 Å². The van der Waals surface area contributed by atoms with E-state index in [-0.39, 0.29) is 41.7 Å². The molecule has 12 heteroatoms. The van der Waals surface area contributed by atoms with E-state index in [4.69, 9.17) is 9.47 Å². The zero-order chi connectivity index (χ0) is 23.1. The van der Waals surface area contributed by atoms with Crippen molar-refractivity contribution in [1.29, 1.82) is 0 Å². The first-order chi connectivity index (χ1) is 14.8. The van der Waals surface area contributed by atoms with Crippen LogP contribution in [0.1, 0.15) is 17.3 Å². The van der Waals surface area contributed by atoms with Crippen LogP contribution < -0.4 is 15.0 Å². The fourth-order valence-corrected chi connectivity index (χ4v) is 2.78. The van der Waals surface area contributed by atoms with Crippen molar-refractivity contribution < 1.29 is 31.8 Å². The SMILES string of the molecule is CCN(CCOC)C(=O)c1cc(OC)c(N(c2ncc(F)c(NC)n2)C(F)F)cc1F. The molecule has 0 fully saturated rings. The Morgan fingerprint density at radius 3 is 2.48 bits per heavy atom. The summed E-state index contributed by atoms with van der Waals surface area (Å²) in [6, 6.07) is 1.76. The van der Waals surface area contributed by atoms with E-state index in [2.05, 4.69) is 15.3 Å². The Morgan fingerprint density at radius 1 is 1.23 bits per heavy atom. The number of alkyl halides is 2. The molecule has 0 atom stereocenters. The average molecular weight is 445 g/mol. The Kier molecular flexibility index (Phi) is 8.37. The maximum absolute atomic E-state index is 14.9. The molecule has 1 aromatic heterocycles. The molecule has 8 nitrogen and oxygen atoms in total. The van der Waals surface area contributed by atoms with E-state index in [1.807, 2.05) is 0 Å². The summed E-state index contributed by atoms with van der Waals surface area (Å²) in [5.74, 6) is -3.67. The first-order valence-corrected chi connectivity index (χ1v) is 9.22. The summed E-state index contributed by atoms with van der Waals surface area (Å²) < 4.78 is 66.4. The quantitative estimate of drug-likeness (QED) is 0.444. The monoisotopic (exact) mass is 445 g/mol. The number of anilines is 3. The van der Waals surface area contributed by atoms with Crippen molar-refractivity contribution in [3.05, 3.63) is 35.5 Å². The summed E-state index contributed by atoms with van der Waals surface area (Å²) in [5.41, 5.74) is -0.788. The van der Waals surface area contributed by atoms with Crippen LogP contribution in [-0.2, 0) is 4.74 Å². The number of likely N-dealkylation sites (N-methyl/N-ethyl adjacent to an activating group) is 1. The van der Waals surface area contributed by atoms with Crippen LogP contribution in [0.25, 0.3) is 0 Å². The number of benzene rings is 1. The summed E-state index contributed by atoms with van der Waals surface area (Å²) >= 11 is 0. The lowest BCUT2D eigenvalue weighted by atomic mass is 10.1. The van der Waals surface area contributed by atoms with Crippen molar-refractivity contribution in [2.45, 2.75) is 13.5 Å². The molecule has 1 aromatic carbocycles. The lowest BCUT2D eigenvalue weighted by molar-refractivity contribution is 0.0701. The van der Waals surface area contributed by atoms with Crippen molar-refractivity contribution in [3.63, 3.8) is 0 Å². The smallest absolute Gasteiger partial charge is 0.321 e. The Hall–Kier alpha value is -3.15. The second-order valence-electron chi connectivity index (χ2n) is 6.15. The summed E-state index contributed by atoms with van der Waals surface area (Å²) in [5, 5.41) is 2.42. The highest BCUT2D eigenvalue weighted by Gasteiger charge is 2.29. The van der Waals surface area contributed by atoms with Crippen molar-refractivity contribution >= 4 is 23.4 Å². The van der Waals surface area contributed by atoms with E-state index >= 15 is 0 Å². The number of rotatable bonds is 10. The van der Waals surface area contributed by atoms with E-state index in [1.54, 1.807) is 6.92 Å². The molecular formula is C19H23F4N5O3. The number of carbonyl (C=O) groups is 1. The molecule has 1 amide bonds. The minimum atomic E-state index is -3.22. The van der Waals surface area contributed by atoms with Crippen LogP contribution >= 0.6 is 0 Å². The fourth-order valence-electron chi connectivity index (χ4n) is 2.78. The van der Waals surface area contributed by atoms with Gasteiger partial charge >= 0.3 is 6.55 Å². The molecule has 2 rings (SSSR count). The number of hydrogen-bond acceptors (Lipinski definition) is 7. The van der Waals surface area contributed by atoms with Gasteiger partial charge in [0.15, 0.2) is 11.6 Å². The first-order valence-electron chi connectivity index (χ1n) is 9.22. The zero-order valence-corrected chi connectivity index (χ0v) is 17.5. The van der Waals surface area contributed by atoms with E-state index < -0.39 is 35.7 Å². The molecule has 31 heavy (non-hydrogen) atoms. The molecule has 170 valence electrons. The first kappa shape index (κ1) is 24.1. The normalized spacial score (nSPS) is 10.9. The van der Waals surface area contributed by atoms with Gasteiger partial charge in [-0.05, 0) is 13.0 Å². The van der Waals surface area contributed by atoms with Crippen LogP contribution in [-0.4, -0.2) is 68.3 Å². The van der Waals surface area contributed by atoms with E-state index in [0.717, 1.165) is 12.1 Å². The van der Waals surface area contributed by atoms with Gasteiger partial charge < -0.3 is 19.7 Å². The molecule has 2 aromatic rings. The summed E-state index contributed by atoms with van der Waals surface area (Å²) in [6.07, 6.45) is 0.708. The van der Waals surface area contributed by atoms with Gasteiger partial charge in [0.05, 0.1) is 31.2 Å². The molecule has 0 aliphatic carbocycles. The molecule has 1 heterocycles. The van der Waals surface area contributed by atoms with Gasteiger partial charge in [-0.15, -0.1) is 0 Å². The Morgan fingerprint density at radius 2 is 1.94 bits per heavy atom. The van der Waals surface area contributed by atoms with E-state index in [9.17, 15) is 22.4 Å². The minimum absolute atomic E-state index is 0.216. The van der Waals surface area contributed by atoms with Gasteiger partial charge in [-0.1, -0.05) is 0 Å². The van der Waals surface area contributed by atoms with Gasteiger partial charge in [0.25, 0.3) is 5.91 Å². The molecule has 0 unspecified atom stereocenters. The molecule has 0 bridgehead atoms. The van der Waals surface area contributed by atoms with Gasteiger partial charge in [0, 0.05) is 33.3 Å². The van der Waals surface area contributed by atoms with Crippen molar-refractivity contribution in [2.75, 3.05) is 51.2 Å². The van der Waals surface area contributed by atoms with Gasteiger partial charge in [0.1, 0.15) is 11.6 Å². The molecule has 0 saturated carbocycles. The topological polar surface area (TPSA) is 79.8 Å². The van der Waals surface area contributed by atoms with Gasteiger partial charge in [-0.3, -0.25) is 4.79 Å². The molecule has 0 aliphatic rings. The van der Waals surface area contributed by atoms with Crippen LogP contribution in [0.5, 0.6) is 5.75 Å². The Labute approximate surface area is 176 Å². The molecule has 0 spiro atoms. The van der Waals surface area contributed by atoms with Crippen LogP contribution in [0, 0.1) is 11.6 Å². The maximum Gasteiger partial charge on any atom is 0.321 e. The van der Waals surface area contributed by atoms with Gasteiger partial charge in [-0.2, -0.15) is 13.8 Å². The molecule has 0 radical (unpaired) electrons. The number of nitrogens with one attached hydrogen (secondary N) is 1.